The number of aliphatic carboxylic acids is 1. The van der Waals surface area contributed by atoms with E-state index in [1.165, 1.54) is 11.3 Å². The van der Waals surface area contributed by atoms with Crippen molar-refractivity contribution in [2.24, 2.45) is 5.92 Å². The first-order chi connectivity index (χ1) is 10.3. The number of carbonyl (C=O) groups excluding carboxylic acids is 1. The summed E-state index contributed by atoms with van der Waals surface area (Å²) in [4.78, 5) is 29.4. The number of aryl methyl sites for hydroxylation is 2. The molecule has 2 aromatic heterocycles. The number of fused-ring (bicyclic) bond motifs is 1. The second-order valence-corrected chi connectivity index (χ2v) is 6.86. The number of carboxylic acid groups (broad SMARTS) is 1. The third kappa shape index (κ3) is 3.27. The molecule has 0 aliphatic rings. The van der Waals surface area contributed by atoms with Crippen molar-refractivity contribution in [1.82, 2.24) is 10.3 Å². The molecule has 2 heterocycles. The molecule has 1 atom stereocenters. The number of aromatic nitrogens is 1. The van der Waals surface area contributed by atoms with Gasteiger partial charge in [0.05, 0.1) is 4.88 Å². The molecule has 2 N–H and O–H groups in total. The minimum atomic E-state index is -1.00. The van der Waals surface area contributed by atoms with Gasteiger partial charge in [-0.05, 0) is 43.4 Å². The molecule has 2 rings (SSSR count). The Bertz CT molecular complexity index is 721. The van der Waals surface area contributed by atoms with Gasteiger partial charge in [-0.3, -0.25) is 4.79 Å². The van der Waals surface area contributed by atoms with Crippen molar-refractivity contribution in [3.05, 3.63) is 28.3 Å². The molecule has 1 amide bonds. The monoisotopic (exact) mass is 320 g/mol. The number of carboxylic acids is 1. The van der Waals surface area contributed by atoms with Gasteiger partial charge in [-0.15, -0.1) is 11.3 Å². The molecule has 0 saturated heterocycles. The van der Waals surface area contributed by atoms with E-state index in [0.717, 1.165) is 21.3 Å². The molecule has 0 radical (unpaired) electrons. The zero-order valence-electron chi connectivity index (χ0n) is 13.1. The van der Waals surface area contributed by atoms with Crippen LogP contribution in [-0.4, -0.2) is 28.0 Å². The van der Waals surface area contributed by atoms with Crippen LogP contribution >= 0.6 is 11.3 Å². The molecule has 0 aliphatic heterocycles. The van der Waals surface area contributed by atoms with Gasteiger partial charge in [0.25, 0.3) is 5.91 Å². The van der Waals surface area contributed by atoms with Crippen LogP contribution in [0.3, 0.4) is 0 Å². The zero-order chi connectivity index (χ0) is 16.4. The quantitative estimate of drug-likeness (QED) is 0.887. The van der Waals surface area contributed by atoms with Crippen molar-refractivity contribution < 1.29 is 14.7 Å². The molecule has 5 nitrogen and oxygen atoms in total. The first-order valence-electron chi connectivity index (χ1n) is 7.19. The van der Waals surface area contributed by atoms with Gasteiger partial charge >= 0.3 is 5.97 Å². The predicted octanol–water partition coefficient (Wildman–Crippen LogP) is 3.14. The van der Waals surface area contributed by atoms with E-state index in [1.54, 1.807) is 6.20 Å². The van der Waals surface area contributed by atoms with Gasteiger partial charge in [-0.2, -0.15) is 0 Å². The molecular formula is C16H20N2O3S. The highest BCUT2D eigenvalue weighted by atomic mass is 32.1. The van der Waals surface area contributed by atoms with Gasteiger partial charge < -0.3 is 10.4 Å². The standard InChI is InChI=1S/C16H20N2O3S/c1-8(2)7-11(16(20)21)18-14(19)13-10(4)12-9(3)5-6-17-15(12)22-13/h5-6,8,11H,7H2,1-4H3,(H,18,19)(H,20,21). The summed E-state index contributed by atoms with van der Waals surface area (Å²) in [5.41, 5.74) is 1.92. The van der Waals surface area contributed by atoms with Gasteiger partial charge in [0.15, 0.2) is 0 Å². The second-order valence-electron chi connectivity index (χ2n) is 5.86. The lowest BCUT2D eigenvalue weighted by Gasteiger charge is -2.16. The predicted molar refractivity (Wildman–Crippen MR) is 87.4 cm³/mol. The van der Waals surface area contributed by atoms with Crippen molar-refractivity contribution in [3.8, 4) is 0 Å². The third-order valence-electron chi connectivity index (χ3n) is 3.56. The average molecular weight is 320 g/mol. The summed E-state index contributed by atoms with van der Waals surface area (Å²) in [7, 11) is 0. The maximum Gasteiger partial charge on any atom is 0.326 e. The molecule has 0 bridgehead atoms. The zero-order valence-corrected chi connectivity index (χ0v) is 14.0. The van der Waals surface area contributed by atoms with Crippen LogP contribution in [0.2, 0.25) is 0 Å². The number of hydrogen-bond donors (Lipinski definition) is 2. The summed E-state index contributed by atoms with van der Waals surface area (Å²) in [6, 6.07) is 1.04. The molecular weight excluding hydrogens is 300 g/mol. The van der Waals surface area contributed by atoms with E-state index in [1.807, 2.05) is 33.8 Å². The molecule has 0 spiro atoms. The maximum absolute atomic E-state index is 12.5. The highest BCUT2D eigenvalue weighted by molar-refractivity contribution is 7.20. The molecule has 118 valence electrons. The van der Waals surface area contributed by atoms with Crippen molar-refractivity contribution in [2.45, 2.75) is 40.2 Å². The Morgan fingerprint density at radius 3 is 2.59 bits per heavy atom. The lowest BCUT2D eigenvalue weighted by molar-refractivity contribution is -0.139. The van der Waals surface area contributed by atoms with E-state index >= 15 is 0 Å². The molecule has 0 fully saturated rings. The molecule has 22 heavy (non-hydrogen) atoms. The Balaban J connectivity index is 2.31. The van der Waals surface area contributed by atoms with E-state index in [-0.39, 0.29) is 11.8 Å². The fourth-order valence-electron chi connectivity index (χ4n) is 2.49. The number of nitrogens with zero attached hydrogens (tertiary/aromatic N) is 1. The number of rotatable bonds is 5. The lowest BCUT2D eigenvalue weighted by atomic mass is 10.0. The highest BCUT2D eigenvalue weighted by Gasteiger charge is 2.24. The van der Waals surface area contributed by atoms with E-state index in [9.17, 15) is 14.7 Å². The Labute approximate surface area is 133 Å². The average Bonchev–Trinajstić information content (AvgIpc) is 2.76. The van der Waals surface area contributed by atoms with Gasteiger partial charge in [0.2, 0.25) is 0 Å². The Morgan fingerprint density at radius 1 is 1.36 bits per heavy atom. The summed E-state index contributed by atoms with van der Waals surface area (Å²) in [5, 5.41) is 12.9. The van der Waals surface area contributed by atoms with Crippen LogP contribution in [0.5, 0.6) is 0 Å². The third-order valence-corrected chi connectivity index (χ3v) is 4.75. The van der Waals surface area contributed by atoms with Gasteiger partial charge in [-0.1, -0.05) is 13.8 Å². The number of hydrogen-bond acceptors (Lipinski definition) is 4. The van der Waals surface area contributed by atoms with Crippen LogP contribution in [-0.2, 0) is 4.79 Å². The van der Waals surface area contributed by atoms with Crippen molar-refractivity contribution in [1.29, 1.82) is 0 Å². The second kappa shape index (κ2) is 6.44. The minimum absolute atomic E-state index is 0.189. The molecule has 0 aliphatic carbocycles. The first-order valence-corrected chi connectivity index (χ1v) is 8.01. The van der Waals surface area contributed by atoms with Gasteiger partial charge in [0.1, 0.15) is 10.9 Å². The van der Waals surface area contributed by atoms with Gasteiger partial charge in [-0.25, -0.2) is 9.78 Å². The summed E-state index contributed by atoms with van der Waals surface area (Å²) in [5.74, 6) is -1.16. The number of carbonyl (C=O) groups is 2. The van der Waals surface area contributed by atoms with Crippen molar-refractivity contribution >= 4 is 33.4 Å². The van der Waals surface area contributed by atoms with Gasteiger partial charge in [0, 0.05) is 11.6 Å². The summed E-state index contributed by atoms with van der Waals surface area (Å²) < 4.78 is 0. The van der Waals surface area contributed by atoms with E-state index in [2.05, 4.69) is 10.3 Å². The number of pyridine rings is 1. The van der Waals surface area contributed by atoms with E-state index in [4.69, 9.17) is 0 Å². The molecule has 2 aromatic rings. The topological polar surface area (TPSA) is 79.3 Å². The fourth-order valence-corrected chi connectivity index (χ4v) is 3.62. The van der Waals surface area contributed by atoms with Crippen LogP contribution in [0.4, 0.5) is 0 Å². The van der Waals surface area contributed by atoms with Crippen LogP contribution < -0.4 is 5.32 Å². The van der Waals surface area contributed by atoms with Crippen LogP contribution in [0.15, 0.2) is 12.3 Å². The first kappa shape index (κ1) is 16.4. The van der Waals surface area contributed by atoms with Crippen LogP contribution in [0, 0.1) is 19.8 Å². The van der Waals surface area contributed by atoms with E-state index < -0.39 is 12.0 Å². The van der Waals surface area contributed by atoms with Crippen LogP contribution in [0.25, 0.3) is 10.2 Å². The maximum atomic E-state index is 12.5. The van der Waals surface area contributed by atoms with E-state index in [0.29, 0.717) is 11.3 Å². The molecule has 1 unspecified atom stereocenters. The number of thiophene rings is 1. The Kier molecular flexibility index (Phi) is 4.81. The summed E-state index contributed by atoms with van der Waals surface area (Å²) in [6.07, 6.45) is 2.12. The summed E-state index contributed by atoms with van der Waals surface area (Å²) in [6.45, 7) is 7.71. The smallest absolute Gasteiger partial charge is 0.326 e. The molecule has 0 saturated carbocycles. The molecule has 6 heteroatoms. The highest BCUT2D eigenvalue weighted by Crippen LogP contribution is 2.31. The summed E-state index contributed by atoms with van der Waals surface area (Å²) >= 11 is 1.30. The number of amides is 1. The Morgan fingerprint density at radius 2 is 2.05 bits per heavy atom. The lowest BCUT2D eigenvalue weighted by Crippen LogP contribution is -2.41. The van der Waals surface area contributed by atoms with Crippen molar-refractivity contribution in [3.63, 3.8) is 0 Å². The fraction of sp³-hybridized carbons (Fsp3) is 0.438. The SMILES string of the molecule is Cc1ccnc2sc(C(=O)NC(CC(C)C)C(=O)O)c(C)c12. The normalized spacial score (nSPS) is 12.6. The minimum Gasteiger partial charge on any atom is -0.480 e. The van der Waals surface area contributed by atoms with Crippen LogP contribution in [0.1, 0.15) is 41.1 Å². The number of nitrogens with one attached hydrogen (secondary N) is 1. The van der Waals surface area contributed by atoms with Crippen molar-refractivity contribution in [2.75, 3.05) is 0 Å². The largest absolute Gasteiger partial charge is 0.480 e. The Hall–Kier alpha value is -1.95. The molecule has 0 aromatic carbocycles.